The fourth-order valence-corrected chi connectivity index (χ4v) is 1.40. The molecule has 0 atom stereocenters. The minimum atomic E-state index is -0.104. The molecule has 0 amide bonds. The van der Waals surface area contributed by atoms with E-state index in [9.17, 15) is 4.79 Å². The van der Waals surface area contributed by atoms with Crippen molar-refractivity contribution in [2.24, 2.45) is 0 Å². The Morgan fingerprint density at radius 2 is 2.31 bits per heavy atom. The largest absolute Gasteiger partial charge is 0.466 e. The fraction of sp³-hybridized carbons (Fsp3) is 0.667. The molecule has 0 aliphatic heterocycles. The second-order valence-corrected chi connectivity index (χ2v) is 3.81. The summed E-state index contributed by atoms with van der Waals surface area (Å²) >= 11 is 0. The quantitative estimate of drug-likeness (QED) is 0.504. The van der Waals surface area contributed by atoms with E-state index < -0.39 is 0 Å². The maximum Gasteiger partial charge on any atom is 0.305 e. The monoisotopic (exact) mass is 225 g/mol. The Labute approximate surface area is 96.0 Å². The molecular formula is C12H19NO3. The molecule has 1 aromatic rings. The molecule has 0 aliphatic carbocycles. The summed E-state index contributed by atoms with van der Waals surface area (Å²) in [5, 5.41) is 3.60. The van der Waals surface area contributed by atoms with Crippen molar-refractivity contribution in [3.05, 3.63) is 18.0 Å². The number of ether oxygens (including phenoxy) is 1. The van der Waals surface area contributed by atoms with Crippen LogP contribution in [0.3, 0.4) is 0 Å². The molecule has 0 radical (unpaired) electrons. The number of esters is 1. The molecule has 0 bridgehead atoms. The van der Waals surface area contributed by atoms with Gasteiger partial charge in [-0.05, 0) is 19.3 Å². The number of hydrogen-bond donors (Lipinski definition) is 0. The van der Waals surface area contributed by atoms with Gasteiger partial charge < -0.3 is 9.26 Å². The molecule has 16 heavy (non-hydrogen) atoms. The van der Waals surface area contributed by atoms with Crippen LogP contribution in [0.4, 0.5) is 0 Å². The molecule has 0 N–H and O–H groups in total. The van der Waals surface area contributed by atoms with Gasteiger partial charge in [0, 0.05) is 12.0 Å². The Morgan fingerprint density at radius 3 is 3.00 bits per heavy atom. The topological polar surface area (TPSA) is 52.3 Å². The highest BCUT2D eigenvalue weighted by Crippen LogP contribution is 2.04. The van der Waals surface area contributed by atoms with Crippen molar-refractivity contribution in [2.45, 2.75) is 45.4 Å². The molecule has 0 saturated heterocycles. The van der Waals surface area contributed by atoms with Gasteiger partial charge in [-0.15, -0.1) is 0 Å². The molecule has 1 heterocycles. The zero-order valence-electron chi connectivity index (χ0n) is 9.78. The molecule has 1 aromatic heterocycles. The zero-order valence-corrected chi connectivity index (χ0v) is 9.78. The highest BCUT2D eigenvalue weighted by Gasteiger charge is 2.03. The van der Waals surface area contributed by atoms with Crippen molar-refractivity contribution in [2.75, 3.05) is 6.61 Å². The van der Waals surface area contributed by atoms with Gasteiger partial charge in [0.1, 0.15) is 6.26 Å². The van der Waals surface area contributed by atoms with E-state index in [4.69, 9.17) is 9.26 Å². The van der Waals surface area contributed by atoms with Crippen molar-refractivity contribution in [3.8, 4) is 0 Å². The zero-order chi connectivity index (χ0) is 11.6. The number of hydrogen-bond acceptors (Lipinski definition) is 4. The van der Waals surface area contributed by atoms with E-state index in [1.165, 1.54) is 0 Å². The molecule has 4 heteroatoms. The number of unbranched alkanes of at least 4 members (excludes halogenated alkanes) is 2. The normalized spacial score (nSPS) is 10.3. The average molecular weight is 225 g/mol. The van der Waals surface area contributed by atoms with Crippen LogP contribution < -0.4 is 0 Å². The van der Waals surface area contributed by atoms with Crippen LogP contribution in [-0.4, -0.2) is 17.7 Å². The fourth-order valence-electron chi connectivity index (χ4n) is 1.40. The van der Waals surface area contributed by atoms with Crippen LogP contribution in [0.15, 0.2) is 17.0 Å². The van der Waals surface area contributed by atoms with E-state index in [2.05, 4.69) is 12.1 Å². The van der Waals surface area contributed by atoms with E-state index in [-0.39, 0.29) is 5.97 Å². The second-order valence-electron chi connectivity index (χ2n) is 3.81. The van der Waals surface area contributed by atoms with Crippen LogP contribution >= 0.6 is 0 Å². The summed E-state index contributed by atoms with van der Waals surface area (Å²) in [6.07, 6.45) is 8.57. The van der Waals surface area contributed by atoms with Gasteiger partial charge in [0.25, 0.3) is 0 Å². The molecule has 4 nitrogen and oxygen atoms in total. The van der Waals surface area contributed by atoms with Gasteiger partial charge in [-0.25, -0.2) is 0 Å². The van der Waals surface area contributed by atoms with Gasteiger partial charge in [0.15, 0.2) is 0 Å². The Bertz CT molecular complexity index is 282. The van der Waals surface area contributed by atoms with Crippen molar-refractivity contribution in [1.29, 1.82) is 0 Å². The van der Waals surface area contributed by atoms with Crippen LogP contribution in [0.25, 0.3) is 0 Å². The van der Waals surface area contributed by atoms with E-state index in [0.29, 0.717) is 13.0 Å². The first-order valence-electron chi connectivity index (χ1n) is 5.86. The van der Waals surface area contributed by atoms with Gasteiger partial charge >= 0.3 is 5.97 Å². The van der Waals surface area contributed by atoms with E-state index >= 15 is 0 Å². The lowest BCUT2D eigenvalue weighted by Gasteiger charge is -2.03. The maximum atomic E-state index is 11.3. The lowest BCUT2D eigenvalue weighted by Crippen LogP contribution is -2.06. The Morgan fingerprint density at radius 1 is 1.44 bits per heavy atom. The Hall–Kier alpha value is -1.32. The highest BCUT2D eigenvalue weighted by molar-refractivity contribution is 5.69. The Kier molecular flexibility index (Phi) is 6.30. The molecule has 0 aromatic carbocycles. The van der Waals surface area contributed by atoms with Crippen LogP contribution in [0.2, 0.25) is 0 Å². The first-order valence-corrected chi connectivity index (χ1v) is 5.86. The van der Waals surface area contributed by atoms with Crippen LogP contribution in [0.5, 0.6) is 0 Å². The summed E-state index contributed by atoms with van der Waals surface area (Å²) in [7, 11) is 0. The smallest absolute Gasteiger partial charge is 0.305 e. The van der Waals surface area contributed by atoms with Crippen LogP contribution in [0.1, 0.15) is 44.6 Å². The number of aromatic nitrogens is 1. The van der Waals surface area contributed by atoms with Crippen LogP contribution in [-0.2, 0) is 16.0 Å². The third-order valence-corrected chi connectivity index (χ3v) is 2.34. The molecule has 0 aliphatic rings. The lowest BCUT2D eigenvalue weighted by molar-refractivity contribution is -0.143. The maximum absolute atomic E-state index is 11.3. The van der Waals surface area contributed by atoms with Gasteiger partial charge in [-0.2, -0.15) is 0 Å². The second kappa shape index (κ2) is 7.91. The molecule has 1 rings (SSSR count). The van der Waals surface area contributed by atoms with Gasteiger partial charge in [0.05, 0.1) is 12.8 Å². The third-order valence-electron chi connectivity index (χ3n) is 2.34. The van der Waals surface area contributed by atoms with Crippen LogP contribution in [0, 0.1) is 0 Å². The predicted octanol–water partition coefficient (Wildman–Crippen LogP) is 2.73. The molecule has 90 valence electrons. The first-order chi connectivity index (χ1) is 7.83. The number of aryl methyl sites for hydroxylation is 1. The summed E-state index contributed by atoms with van der Waals surface area (Å²) in [4.78, 5) is 11.3. The third kappa shape index (κ3) is 5.53. The van der Waals surface area contributed by atoms with Gasteiger partial charge in [0.2, 0.25) is 0 Å². The number of rotatable bonds is 8. The summed E-state index contributed by atoms with van der Waals surface area (Å²) in [6, 6.07) is 0. The predicted molar refractivity (Wildman–Crippen MR) is 59.9 cm³/mol. The van der Waals surface area contributed by atoms with Crippen molar-refractivity contribution >= 4 is 5.97 Å². The molecule has 0 saturated carbocycles. The van der Waals surface area contributed by atoms with Gasteiger partial charge in [-0.3, -0.25) is 4.79 Å². The average Bonchev–Trinajstić information content (AvgIpc) is 2.77. The van der Waals surface area contributed by atoms with Crippen molar-refractivity contribution < 1.29 is 14.1 Å². The summed E-state index contributed by atoms with van der Waals surface area (Å²) < 4.78 is 9.78. The SMILES string of the molecule is CCCCCOC(=O)CCCc1cnoc1. The summed E-state index contributed by atoms with van der Waals surface area (Å²) in [5.74, 6) is -0.104. The van der Waals surface area contributed by atoms with E-state index in [1.54, 1.807) is 12.5 Å². The van der Waals surface area contributed by atoms with Crippen molar-refractivity contribution in [1.82, 2.24) is 5.16 Å². The first kappa shape index (κ1) is 12.7. The molecule has 0 fully saturated rings. The number of carbonyl (C=O) groups excluding carboxylic acids is 1. The number of nitrogens with zero attached hydrogens (tertiary/aromatic N) is 1. The van der Waals surface area contributed by atoms with E-state index in [0.717, 1.165) is 37.7 Å². The Balaban J connectivity index is 1.98. The minimum absolute atomic E-state index is 0.104. The van der Waals surface area contributed by atoms with E-state index in [1.807, 2.05) is 0 Å². The molecular weight excluding hydrogens is 206 g/mol. The summed E-state index contributed by atoms with van der Waals surface area (Å²) in [5.41, 5.74) is 1.03. The minimum Gasteiger partial charge on any atom is -0.466 e. The summed E-state index contributed by atoms with van der Waals surface area (Å²) in [6.45, 7) is 2.68. The van der Waals surface area contributed by atoms with Crippen molar-refractivity contribution in [3.63, 3.8) is 0 Å². The molecule has 0 spiro atoms. The standard InChI is InChI=1S/C12H19NO3/c1-2-3-4-8-15-12(14)7-5-6-11-9-13-16-10-11/h9-10H,2-8H2,1H3. The lowest BCUT2D eigenvalue weighted by atomic mass is 10.1. The van der Waals surface area contributed by atoms with Gasteiger partial charge in [-0.1, -0.05) is 24.9 Å². The highest BCUT2D eigenvalue weighted by atomic mass is 16.5. The number of carbonyl (C=O) groups is 1. The molecule has 0 unspecified atom stereocenters.